The third-order valence-electron chi connectivity index (χ3n) is 2.45. The highest BCUT2D eigenvalue weighted by Gasteiger charge is 2.16. The Morgan fingerprint density at radius 3 is 2.53 bits per heavy atom. The lowest BCUT2D eigenvalue weighted by Gasteiger charge is -2.11. The van der Waals surface area contributed by atoms with E-state index in [1.165, 1.54) is 11.8 Å². The number of benzene rings is 1. The summed E-state index contributed by atoms with van der Waals surface area (Å²) in [4.78, 5) is 23.3. The van der Waals surface area contributed by atoms with Crippen molar-refractivity contribution >= 4 is 35.2 Å². The lowest BCUT2D eigenvalue weighted by molar-refractivity contribution is -0.141. The minimum Gasteiger partial charge on any atom is -0.480 e. The SMILES string of the molecule is CCC(NC(=O)CCSc1ccc(Cl)cc1)C(=O)O. The van der Waals surface area contributed by atoms with Gasteiger partial charge in [0.05, 0.1) is 0 Å². The molecule has 0 fully saturated rings. The van der Waals surface area contributed by atoms with Crippen molar-refractivity contribution in [3.8, 4) is 0 Å². The standard InChI is InChI=1S/C13H16ClNO3S/c1-2-11(13(17)18)15-12(16)7-8-19-10-5-3-9(14)4-6-10/h3-6,11H,2,7-8H2,1H3,(H,15,16)(H,17,18). The highest BCUT2D eigenvalue weighted by atomic mass is 35.5. The molecule has 0 radical (unpaired) electrons. The highest BCUT2D eigenvalue weighted by molar-refractivity contribution is 7.99. The molecule has 2 N–H and O–H groups in total. The Bertz CT molecular complexity index is 436. The molecule has 19 heavy (non-hydrogen) atoms. The summed E-state index contributed by atoms with van der Waals surface area (Å²) in [5.74, 6) is -0.638. The predicted molar refractivity (Wildman–Crippen MR) is 76.7 cm³/mol. The molecule has 0 aliphatic heterocycles. The number of hydrogen-bond donors (Lipinski definition) is 2. The summed E-state index contributed by atoms with van der Waals surface area (Å²) in [6.07, 6.45) is 0.669. The van der Waals surface area contributed by atoms with E-state index in [-0.39, 0.29) is 12.3 Å². The van der Waals surface area contributed by atoms with Gasteiger partial charge in [-0.25, -0.2) is 4.79 Å². The number of carboxylic acids is 1. The molecule has 1 unspecified atom stereocenters. The van der Waals surface area contributed by atoms with E-state index in [4.69, 9.17) is 16.7 Å². The van der Waals surface area contributed by atoms with Crippen molar-refractivity contribution in [2.45, 2.75) is 30.7 Å². The van der Waals surface area contributed by atoms with Gasteiger partial charge in [0.25, 0.3) is 0 Å². The Kier molecular flexibility index (Phi) is 6.73. The first-order valence-corrected chi connectivity index (χ1v) is 7.29. The molecule has 0 aliphatic carbocycles. The van der Waals surface area contributed by atoms with Crippen LogP contribution in [0.5, 0.6) is 0 Å². The Hall–Kier alpha value is -1.20. The van der Waals surface area contributed by atoms with Gasteiger partial charge in [0, 0.05) is 22.1 Å². The predicted octanol–water partition coefficient (Wildman–Crippen LogP) is 2.80. The van der Waals surface area contributed by atoms with Crippen molar-refractivity contribution in [2.24, 2.45) is 0 Å². The average molecular weight is 302 g/mol. The van der Waals surface area contributed by atoms with Crippen LogP contribution < -0.4 is 5.32 Å². The van der Waals surface area contributed by atoms with Crippen LogP contribution in [-0.2, 0) is 9.59 Å². The molecule has 1 amide bonds. The molecule has 104 valence electrons. The maximum Gasteiger partial charge on any atom is 0.326 e. The molecule has 0 heterocycles. The van der Waals surface area contributed by atoms with Crippen LogP contribution in [0.4, 0.5) is 0 Å². The zero-order valence-electron chi connectivity index (χ0n) is 10.6. The zero-order valence-corrected chi connectivity index (χ0v) is 12.1. The second-order valence-corrected chi connectivity index (χ2v) is 5.52. The Morgan fingerprint density at radius 1 is 1.37 bits per heavy atom. The number of thioether (sulfide) groups is 1. The lowest BCUT2D eigenvalue weighted by Crippen LogP contribution is -2.40. The summed E-state index contributed by atoms with van der Waals surface area (Å²) in [5, 5.41) is 12.0. The second-order valence-electron chi connectivity index (χ2n) is 3.92. The van der Waals surface area contributed by atoms with E-state index in [0.717, 1.165) is 4.90 Å². The lowest BCUT2D eigenvalue weighted by atomic mass is 10.2. The van der Waals surface area contributed by atoms with E-state index in [1.54, 1.807) is 19.1 Å². The zero-order chi connectivity index (χ0) is 14.3. The molecule has 1 aromatic carbocycles. The molecule has 0 aromatic heterocycles. The molecule has 1 atom stereocenters. The minimum atomic E-state index is -0.999. The van der Waals surface area contributed by atoms with Gasteiger partial charge in [-0.15, -0.1) is 11.8 Å². The van der Waals surface area contributed by atoms with Gasteiger partial charge in [-0.2, -0.15) is 0 Å². The van der Waals surface area contributed by atoms with E-state index < -0.39 is 12.0 Å². The number of aliphatic carboxylic acids is 1. The van der Waals surface area contributed by atoms with Crippen molar-refractivity contribution in [3.05, 3.63) is 29.3 Å². The Balaban J connectivity index is 2.30. The third kappa shape index (κ3) is 5.98. The molecule has 0 saturated carbocycles. The number of nitrogens with one attached hydrogen (secondary N) is 1. The van der Waals surface area contributed by atoms with Gasteiger partial charge in [0.1, 0.15) is 6.04 Å². The van der Waals surface area contributed by atoms with E-state index in [2.05, 4.69) is 5.32 Å². The van der Waals surface area contributed by atoms with E-state index in [0.29, 0.717) is 17.2 Å². The van der Waals surface area contributed by atoms with Crippen LogP contribution in [0.15, 0.2) is 29.2 Å². The van der Waals surface area contributed by atoms with Crippen LogP contribution in [0.3, 0.4) is 0 Å². The molecule has 0 saturated heterocycles. The summed E-state index contributed by atoms with van der Waals surface area (Å²) < 4.78 is 0. The van der Waals surface area contributed by atoms with Crippen LogP contribution in [0.1, 0.15) is 19.8 Å². The van der Waals surface area contributed by atoms with Crippen LogP contribution in [0.2, 0.25) is 5.02 Å². The number of amides is 1. The fourth-order valence-electron chi connectivity index (χ4n) is 1.40. The molecule has 0 aliphatic rings. The first-order valence-electron chi connectivity index (χ1n) is 5.93. The molecule has 1 aromatic rings. The monoisotopic (exact) mass is 301 g/mol. The van der Waals surface area contributed by atoms with Crippen molar-refractivity contribution in [3.63, 3.8) is 0 Å². The molecular formula is C13H16ClNO3S. The van der Waals surface area contributed by atoms with Gasteiger partial charge >= 0.3 is 5.97 Å². The Labute approximate surface area is 121 Å². The van der Waals surface area contributed by atoms with Crippen molar-refractivity contribution in [2.75, 3.05) is 5.75 Å². The van der Waals surface area contributed by atoms with Gasteiger partial charge in [-0.3, -0.25) is 4.79 Å². The summed E-state index contributed by atoms with van der Waals surface area (Å²) in [5.41, 5.74) is 0. The van der Waals surface area contributed by atoms with Gasteiger partial charge < -0.3 is 10.4 Å². The van der Waals surface area contributed by atoms with Gasteiger partial charge in [-0.05, 0) is 30.7 Å². The highest BCUT2D eigenvalue weighted by Crippen LogP contribution is 2.20. The smallest absolute Gasteiger partial charge is 0.326 e. The summed E-state index contributed by atoms with van der Waals surface area (Å²) in [7, 11) is 0. The molecular weight excluding hydrogens is 286 g/mol. The number of carbonyl (C=O) groups is 2. The topological polar surface area (TPSA) is 66.4 Å². The number of halogens is 1. The minimum absolute atomic E-state index is 0.240. The van der Waals surface area contributed by atoms with Gasteiger partial charge in [0.2, 0.25) is 5.91 Å². The molecule has 0 spiro atoms. The third-order valence-corrected chi connectivity index (χ3v) is 3.72. The number of rotatable bonds is 7. The van der Waals surface area contributed by atoms with Crippen molar-refractivity contribution in [1.29, 1.82) is 0 Å². The van der Waals surface area contributed by atoms with Crippen LogP contribution in [0, 0.1) is 0 Å². The van der Waals surface area contributed by atoms with Gasteiger partial charge in [-0.1, -0.05) is 18.5 Å². The quantitative estimate of drug-likeness (QED) is 0.760. The number of carbonyl (C=O) groups excluding carboxylic acids is 1. The summed E-state index contributed by atoms with van der Waals surface area (Å²) >= 11 is 7.30. The van der Waals surface area contributed by atoms with Crippen molar-refractivity contribution in [1.82, 2.24) is 5.32 Å². The Morgan fingerprint density at radius 2 is 2.00 bits per heavy atom. The molecule has 6 heteroatoms. The first-order chi connectivity index (χ1) is 9.02. The van der Waals surface area contributed by atoms with Gasteiger partial charge in [0.15, 0.2) is 0 Å². The number of hydrogen-bond acceptors (Lipinski definition) is 3. The van der Waals surface area contributed by atoms with Crippen molar-refractivity contribution < 1.29 is 14.7 Å². The summed E-state index contributed by atoms with van der Waals surface area (Å²) in [6, 6.07) is 6.56. The molecule has 4 nitrogen and oxygen atoms in total. The average Bonchev–Trinajstić information content (AvgIpc) is 2.38. The maximum absolute atomic E-state index is 11.6. The summed E-state index contributed by atoms with van der Waals surface area (Å²) in [6.45, 7) is 1.72. The maximum atomic E-state index is 11.6. The largest absolute Gasteiger partial charge is 0.480 e. The first kappa shape index (κ1) is 15.9. The molecule has 1 rings (SSSR count). The number of carboxylic acid groups (broad SMARTS) is 1. The second kappa shape index (κ2) is 8.07. The fraction of sp³-hybridized carbons (Fsp3) is 0.385. The van der Waals surface area contributed by atoms with Crippen LogP contribution in [-0.4, -0.2) is 28.8 Å². The normalized spacial score (nSPS) is 11.9. The fourth-order valence-corrected chi connectivity index (χ4v) is 2.38. The molecule has 0 bridgehead atoms. The van der Waals surface area contributed by atoms with E-state index in [9.17, 15) is 9.59 Å². The van der Waals surface area contributed by atoms with E-state index >= 15 is 0 Å². The van der Waals surface area contributed by atoms with Crippen LogP contribution >= 0.6 is 23.4 Å². The van der Waals surface area contributed by atoms with E-state index in [1.807, 2.05) is 12.1 Å². The van der Waals surface area contributed by atoms with Crippen LogP contribution in [0.25, 0.3) is 0 Å².